The molecule has 35 heavy (non-hydrogen) atoms. The largest absolute Gasteiger partial charge is 0.508 e. The number of benzene rings is 2. The Bertz CT molecular complexity index is 817. The summed E-state index contributed by atoms with van der Waals surface area (Å²) in [5, 5.41) is 51.9. The molecule has 0 aliphatic heterocycles. The van der Waals surface area contributed by atoms with Crippen molar-refractivity contribution in [2.24, 2.45) is 0 Å². The van der Waals surface area contributed by atoms with Gasteiger partial charge < -0.3 is 40.1 Å². The number of aromatic hydroxyl groups is 2. The van der Waals surface area contributed by atoms with Crippen LogP contribution in [0.25, 0.3) is 0 Å². The van der Waals surface area contributed by atoms with Gasteiger partial charge in [-0.25, -0.2) is 0 Å². The Labute approximate surface area is 239 Å². The van der Waals surface area contributed by atoms with Crippen molar-refractivity contribution in [2.75, 3.05) is 52.9 Å². The SMILES string of the molecule is CC(C)(c1ccc(O)cc1)c1c(Br)c(Br)c(O)c(Br)c1Br.OCCOCCO.OCCOCCO. The number of rotatable bonds is 10. The minimum atomic E-state index is -0.343. The van der Waals surface area contributed by atoms with Gasteiger partial charge >= 0.3 is 0 Å². The van der Waals surface area contributed by atoms with Gasteiger partial charge in [0.25, 0.3) is 0 Å². The van der Waals surface area contributed by atoms with Crippen molar-refractivity contribution < 1.29 is 40.1 Å². The van der Waals surface area contributed by atoms with Crippen LogP contribution in [-0.2, 0) is 14.9 Å². The van der Waals surface area contributed by atoms with E-state index >= 15 is 0 Å². The lowest BCUT2D eigenvalue weighted by Crippen LogP contribution is -2.20. The molecule has 0 aliphatic rings. The highest BCUT2D eigenvalue weighted by atomic mass is 79.9. The summed E-state index contributed by atoms with van der Waals surface area (Å²) >= 11 is 13.9. The molecule has 0 atom stereocenters. The van der Waals surface area contributed by atoms with E-state index in [1.807, 2.05) is 12.1 Å². The van der Waals surface area contributed by atoms with Crippen molar-refractivity contribution in [1.82, 2.24) is 0 Å². The smallest absolute Gasteiger partial charge is 0.146 e. The molecule has 2 aromatic carbocycles. The second-order valence-electron chi connectivity index (χ2n) is 7.27. The van der Waals surface area contributed by atoms with Crippen LogP contribution in [0, 0.1) is 0 Å². The van der Waals surface area contributed by atoms with Gasteiger partial charge in [-0.1, -0.05) is 26.0 Å². The lowest BCUT2D eigenvalue weighted by atomic mass is 9.78. The molecule has 8 nitrogen and oxygen atoms in total. The summed E-state index contributed by atoms with van der Waals surface area (Å²) in [6.45, 7) is 5.56. The van der Waals surface area contributed by atoms with E-state index in [1.54, 1.807) is 12.1 Å². The topological polar surface area (TPSA) is 140 Å². The fraction of sp³-hybridized carbons (Fsp3) is 0.478. The van der Waals surface area contributed by atoms with Crippen molar-refractivity contribution in [1.29, 1.82) is 0 Å². The lowest BCUT2D eigenvalue weighted by molar-refractivity contribution is 0.0649. The molecular formula is C23H32Br4O8. The Balaban J connectivity index is 0.000000680. The van der Waals surface area contributed by atoms with Gasteiger partial charge in [-0.05, 0) is 87.0 Å². The summed E-state index contributed by atoms with van der Waals surface area (Å²) in [5.74, 6) is 0.375. The zero-order valence-corrected chi connectivity index (χ0v) is 25.8. The third-order valence-corrected chi connectivity index (χ3v) is 8.59. The maximum Gasteiger partial charge on any atom is 0.146 e. The van der Waals surface area contributed by atoms with E-state index in [9.17, 15) is 10.2 Å². The van der Waals surface area contributed by atoms with Crippen LogP contribution in [0.15, 0.2) is 42.2 Å². The Morgan fingerprint density at radius 1 is 0.629 bits per heavy atom. The maximum absolute atomic E-state index is 10.1. The van der Waals surface area contributed by atoms with Gasteiger partial charge in [0.15, 0.2) is 0 Å². The highest BCUT2D eigenvalue weighted by Crippen LogP contribution is 2.51. The van der Waals surface area contributed by atoms with Crippen LogP contribution < -0.4 is 0 Å². The van der Waals surface area contributed by atoms with E-state index in [0.717, 1.165) is 20.1 Å². The van der Waals surface area contributed by atoms with Crippen molar-refractivity contribution in [3.63, 3.8) is 0 Å². The van der Waals surface area contributed by atoms with Gasteiger partial charge in [0.05, 0.1) is 61.8 Å². The van der Waals surface area contributed by atoms with Gasteiger partial charge in [-0.15, -0.1) is 0 Å². The van der Waals surface area contributed by atoms with Crippen molar-refractivity contribution in [3.8, 4) is 11.5 Å². The maximum atomic E-state index is 10.1. The van der Waals surface area contributed by atoms with Gasteiger partial charge in [0.2, 0.25) is 0 Å². The third kappa shape index (κ3) is 11.8. The number of aliphatic hydroxyl groups excluding tert-OH is 4. The summed E-state index contributed by atoms with van der Waals surface area (Å²) in [7, 11) is 0. The van der Waals surface area contributed by atoms with Crippen LogP contribution in [0.3, 0.4) is 0 Å². The van der Waals surface area contributed by atoms with E-state index in [2.05, 4.69) is 87.0 Å². The van der Waals surface area contributed by atoms with E-state index in [1.165, 1.54) is 0 Å². The number of aliphatic hydroxyl groups is 4. The predicted octanol–water partition coefficient (Wildman–Crippen LogP) is 4.45. The highest BCUT2D eigenvalue weighted by Gasteiger charge is 2.31. The molecule has 0 unspecified atom stereocenters. The molecule has 0 aliphatic carbocycles. The Morgan fingerprint density at radius 2 is 0.971 bits per heavy atom. The van der Waals surface area contributed by atoms with Gasteiger partial charge in [0, 0.05) is 14.4 Å². The van der Waals surface area contributed by atoms with Crippen molar-refractivity contribution in [3.05, 3.63) is 53.3 Å². The molecule has 0 bridgehead atoms. The van der Waals surface area contributed by atoms with Gasteiger partial charge in [-0.3, -0.25) is 0 Å². The standard InChI is InChI=1S/C15H12Br4O2.2C4H10O3/c1-15(2,7-3-5-8(20)6-4-7)9-10(16)12(18)14(21)13(19)11(9)17;2*5-1-3-7-4-2-6/h3-6,20-21H,1-2H3;2*5-6H,1-4H2. The molecule has 0 radical (unpaired) electrons. The first-order valence-electron chi connectivity index (χ1n) is 10.4. The van der Waals surface area contributed by atoms with Crippen LogP contribution >= 0.6 is 63.7 Å². The average molecular weight is 756 g/mol. The minimum Gasteiger partial charge on any atom is -0.508 e. The summed E-state index contributed by atoms with van der Waals surface area (Å²) in [6.07, 6.45) is 0. The molecule has 0 fully saturated rings. The zero-order valence-electron chi connectivity index (χ0n) is 19.5. The fourth-order valence-corrected chi connectivity index (χ4v) is 5.74. The molecular weight excluding hydrogens is 724 g/mol. The van der Waals surface area contributed by atoms with E-state index < -0.39 is 0 Å². The molecule has 2 aromatic rings. The zero-order chi connectivity index (χ0) is 27.0. The van der Waals surface area contributed by atoms with Crippen LogP contribution in [0.2, 0.25) is 0 Å². The van der Waals surface area contributed by atoms with E-state index in [-0.39, 0.29) is 43.3 Å². The molecule has 2 rings (SSSR count). The minimum absolute atomic E-state index is 0.0278. The Morgan fingerprint density at radius 3 is 1.29 bits per heavy atom. The number of hydrogen-bond acceptors (Lipinski definition) is 8. The molecule has 0 saturated heterocycles. The van der Waals surface area contributed by atoms with Crippen LogP contribution in [0.1, 0.15) is 25.0 Å². The molecule has 0 aromatic heterocycles. The first kappa shape index (κ1) is 34.7. The number of ether oxygens (including phenoxy) is 2. The molecule has 6 N–H and O–H groups in total. The Kier molecular flexibility index (Phi) is 18.7. The van der Waals surface area contributed by atoms with Crippen LogP contribution in [0.4, 0.5) is 0 Å². The van der Waals surface area contributed by atoms with E-state index in [4.69, 9.17) is 20.4 Å². The number of hydrogen-bond donors (Lipinski definition) is 6. The van der Waals surface area contributed by atoms with Crippen molar-refractivity contribution >= 4 is 63.7 Å². The summed E-state index contributed by atoms with van der Waals surface area (Å²) in [6, 6.07) is 7.12. The normalized spacial score (nSPS) is 10.8. The van der Waals surface area contributed by atoms with Gasteiger partial charge in [0.1, 0.15) is 11.5 Å². The monoisotopic (exact) mass is 752 g/mol. The second-order valence-corrected chi connectivity index (χ2v) is 10.4. The number of phenols is 2. The lowest BCUT2D eigenvalue weighted by Gasteiger charge is -2.30. The quantitative estimate of drug-likeness (QED) is 0.155. The fourth-order valence-electron chi connectivity index (χ4n) is 2.65. The molecule has 0 saturated carbocycles. The summed E-state index contributed by atoms with van der Waals surface area (Å²) in [5.41, 5.74) is 1.69. The van der Waals surface area contributed by atoms with Gasteiger partial charge in [-0.2, -0.15) is 0 Å². The van der Waals surface area contributed by atoms with Crippen LogP contribution in [-0.4, -0.2) is 83.5 Å². The molecule has 0 spiro atoms. The Hall–Kier alpha value is -0.280. The third-order valence-electron chi connectivity index (χ3n) is 4.40. The highest BCUT2D eigenvalue weighted by molar-refractivity contribution is 9.14. The molecule has 0 amide bonds. The predicted molar refractivity (Wildman–Crippen MR) is 149 cm³/mol. The van der Waals surface area contributed by atoms with Crippen molar-refractivity contribution in [2.45, 2.75) is 19.3 Å². The molecule has 200 valence electrons. The first-order valence-corrected chi connectivity index (χ1v) is 13.6. The first-order chi connectivity index (χ1) is 16.5. The summed E-state index contributed by atoms with van der Waals surface area (Å²) in [4.78, 5) is 0. The summed E-state index contributed by atoms with van der Waals surface area (Å²) < 4.78 is 12.0. The second kappa shape index (κ2) is 18.9. The number of halogens is 4. The molecule has 0 heterocycles. The molecule has 12 heteroatoms. The van der Waals surface area contributed by atoms with E-state index in [0.29, 0.717) is 35.4 Å². The van der Waals surface area contributed by atoms with Crippen LogP contribution in [0.5, 0.6) is 11.5 Å². The number of phenolic OH excluding ortho intramolecular Hbond substituents is 2. The average Bonchev–Trinajstić information content (AvgIpc) is 2.83.